The van der Waals surface area contributed by atoms with Crippen LogP contribution in [0.5, 0.6) is 5.75 Å². The molecule has 1 aliphatic carbocycles. The van der Waals surface area contributed by atoms with E-state index in [1.54, 1.807) is 13.2 Å². The average Bonchev–Trinajstić information content (AvgIpc) is 3.09. The maximum absolute atomic E-state index is 12.8. The largest absolute Gasteiger partial charge is 0.497 e. The van der Waals surface area contributed by atoms with E-state index in [4.69, 9.17) is 4.74 Å². The van der Waals surface area contributed by atoms with Crippen LogP contribution < -0.4 is 4.74 Å². The number of carbonyl (C=O) groups excluding carboxylic acids is 1. The van der Waals surface area contributed by atoms with E-state index in [9.17, 15) is 9.90 Å². The molecule has 1 heterocycles. The van der Waals surface area contributed by atoms with Gasteiger partial charge in [0.15, 0.2) is 0 Å². The van der Waals surface area contributed by atoms with E-state index in [2.05, 4.69) is 0 Å². The monoisotopic (exact) mass is 275 g/mol. The maximum atomic E-state index is 12.8. The fourth-order valence-electron chi connectivity index (χ4n) is 3.73. The Bertz CT molecular complexity index is 508. The number of aliphatic hydroxyl groups is 1. The van der Waals surface area contributed by atoms with Crippen molar-refractivity contribution in [2.75, 3.05) is 13.7 Å². The minimum Gasteiger partial charge on any atom is -0.497 e. The van der Waals surface area contributed by atoms with Gasteiger partial charge < -0.3 is 14.7 Å². The summed E-state index contributed by atoms with van der Waals surface area (Å²) in [5, 5.41) is 10.3. The number of likely N-dealkylation sites (tertiary alicyclic amines) is 1. The molecule has 108 valence electrons. The number of rotatable bonds is 2. The molecular weight excluding hydrogens is 254 g/mol. The summed E-state index contributed by atoms with van der Waals surface area (Å²) in [7, 11) is 1.60. The zero-order valence-electron chi connectivity index (χ0n) is 11.8. The Hall–Kier alpha value is -1.55. The summed E-state index contributed by atoms with van der Waals surface area (Å²) in [5.41, 5.74) is 0.324. The van der Waals surface area contributed by atoms with Gasteiger partial charge in [-0.3, -0.25) is 4.79 Å². The Balaban J connectivity index is 1.89. The van der Waals surface area contributed by atoms with E-state index in [0.717, 1.165) is 25.7 Å². The third-order valence-electron chi connectivity index (χ3n) is 4.82. The van der Waals surface area contributed by atoms with Crippen LogP contribution in [0.3, 0.4) is 0 Å². The average molecular weight is 275 g/mol. The first-order valence-electron chi connectivity index (χ1n) is 7.31. The van der Waals surface area contributed by atoms with Crippen molar-refractivity contribution in [3.05, 3.63) is 29.8 Å². The molecule has 1 N–H and O–H groups in total. The van der Waals surface area contributed by atoms with Crippen LogP contribution in [0.15, 0.2) is 24.3 Å². The molecule has 1 aliphatic heterocycles. The topological polar surface area (TPSA) is 49.8 Å². The summed E-state index contributed by atoms with van der Waals surface area (Å²) < 4.78 is 5.19. The number of methoxy groups -OCH3 is 1. The molecule has 20 heavy (non-hydrogen) atoms. The van der Waals surface area contributed by atoms with E-state index in [1.165, 1.54) is 0 Å². The van der Waals surface area contributed by atoms with Gasteiger partial charge in [0.05, 0.1) is 18.8 Å². The lowest BCUT2D eigenvalue weighted by Crippen LogP contribution is -2.50. The van der Waals surface area contributed by atoms with Crippen molar-refractivity contribution < 1.29 is 14.6 Å². The van der Waals surface area contributed by atoms with Crippen LogP contribution in [-0.2, 0) is 0 Å². The van der Waals surface area contributed by atoms with Crippen LogP contribution in [-0.4, -0.2) is 41.2 Å². The molecule has 1 spiro atoms. The third kappa shape index (κ3) is 1.99. The molecule has 1 atom stereocenters. The van der Waals surface area contributed by atoms with Crippen LogP contribution in [0.4, 0.5) is 0 Å². The second-order valence-corrected chi connectivity index (χ2v) is 5.80. The van der Waals surface area contributed by atoms with E-state index >= 15 is 0 Å². The molecule has 0 bridgehead atoms. The molecule has 3 rings (SSSR count). The number of nitrogens with zero attached hydrogens (tertiary/aromatic N) is 1. The van der Waals surface area contributed by atoms with Crippen molar-refractivity contribution in [2.45, 2.75) is 43.7 Å². The number of benzene rings is 1. The normalized spacial score (nSPS) is 24.3. The molecule has 0 radical (unpaired) electrons. The first-order valence-corrected chi connectivity index (χ1v) is 7.31. The number of aliphatic hydroxyl groups excluding tert-OH is 1. The van der Waals surface area contributed by atoms with Crippen LogP contribution in [0.25, 0.3) is 0 Å². The number of amides is 1. The van der Waals surface area contributed by atoms with Crippen molar-refractivity contribution in [1.82, 2.24) is 4.90 Å². The number of carbonyl (C=O) groups is 1. The highest BCUT2D eigenvalue weighted by Crippen LogP contribution is 2.44. The van der Waals surface area contributed by atoms with Crippen molar-refractivity contribution in [3.63, 3.8) is 0 Å². The lowest BCUT2D eigenvalue weighted by Gasteiger charge is -2.37. The van der Waals surface area contributed by atoms with E-state index in [-0.39, 0.29) is 17.6 Å². The summed E-state index contributed by atoms with van der Waals surface area (Å²) in [4.78, 5) is 14.7. The number of ether oxygens (including phenoxy) is 1. The van der Waals surface area contributed by atoms with Crippen molar-refractivity contribution in [3.8, 4) is 5.75 Å². The van der Waals surface area contributed by atoms with Gasteiger partial charge in [0, 0.05) is 12.1 Å². The zero-order valence-corrected chi connectivity index (χ0v) is 11.8. The minimum atomic E-state index is -0.375. The zero-order chi connectivity index (χ0) is 14.2. The van der Waals surface area contributed by atoms with E-state index in [0.29, 0.717) is 24.3 Å². The maximum Gasteiger partial charge on any atom is 0.254 e. The Labute approximate surface area is 119 Å². The highest BCUT2D eigenvalue weighted by atomic mass is 16.5. The fourth-order valence-corrected chi connectivity index (χ4v) is 3.73. The van der Waals surface area contributed by atoms with E-state index in [1.807, 2.05) is 23.1 Å². The Kier molecular flexibility index (Phi) is 3.42. The molecule has 1 saturated heterocycles. The van der Waals surface area contributed by atoms with Gasteiger partial charge in [-0.15, -0.1) is 0 Å². The Morgan fingerprint density at radius 3 is 2.85 bits per heavy atom. The number of hydrogen-bond donors (Lipinski definition) is 1. The SMILES string of the molecule is COc1cccc(C(=O)N2CC[C@@H](O)C23CCCC3)c1. The van der Waals surface area contributed by atoms with Gasteiger partial charge in [-0.1, -0.05) is 18.9 Å². The lowest BCUT2D eigenvalue weighted by atomic mass is 9.91. The van der Waals surface area contributed by atoms with Gasteiger partial charge >= 0.3 is 0 Å². The van der Waals surface area contributed by atoms with Crippen LogP contribution in [0, 0.1) is 0 Å². The standard InChI is InChI=1S/C16H21NO3/c1-20-13-6-4-5-12(11-13)15(19)17-10-7-14(18)16(17)8-2-3-9-16/h4-6,11,14,18H,2-3,7-10H2,1H3/t14-/m1/s1. The summed E-state index contributed by atoms with van der Waals surface area (Å²) in [6, 6.07) is 7.26. The summed E-state index contributed by atoms with van der Waals surface area (Å²) >= 11 is 0. The first kappa shape index (κ1) is 13.4. The predicted molar refractivity (Wildman–Crippen MR) is 75.9 cm³/mol. The molecule has 1 amide bonds. The minimum absolute atomic E-state index is 0.0161. The molecule has 1 saturated carbocycles. The van der Waals surface area contributed by atoms with Crippen LogP contribution in [0.2, 0.25) is 0 Å². The van der Waals surface area contributed by atoms with Gasteiger partial charge in [0.2, 0.25) is 0 Å². The quantitative estimate of drug-likeness (QED) is 0.900. The Morgan fingerprint density at radius 2 is 2.15 bits per heavy atom. The highest BCUT2D eigenvalue weighted by Gasteiger charge is 2.51. The van der Waals surface area contributed by atoms with Gasteiger partial charge in [-0.05, 0) is 37.5 Å². The van der Waals surface area contributed by atoms with Crippen molar-refractivity contribution >= 4 is 5.91 Å². The highest BCUT2D eigenvalue weighted by molar-refractivity contribution is 5.95. The second kappa shape index (κ2) is 5.09. The summed E-state index contributed by atoms with van der Waals surface area (Å²) in [6.07, 6.45) is 4.35. The predicted octanol–water partition coefficient (Wildman–Crippen LogP) is 2.21. The second-order valence-electron chi connectivity index (χ2n) is 5.80. The van der Waals surface area contributed by atoms with Crippen LogP contribution >= 0.6 is 0 Å². The molecule has 4 heteroatoms. The molecule has 1 aromatic carbocycles. The summed E-state index contributed by atoms with van der Waals surface area (Å²) in [6.45, 7) is 0.650. The smallest absolute Gasteiger partial charge is 0.254 e. The molecule has 0 unspecified atom stereocenters. The van der Waals surface area contributed by atoms with E-state index < -0.39 is 0 Å². The summed E-state index contributed by atoms with van der Waals surface area (Å²) in [5.74, 6) is 0.707. The van der Waals surface area contributed by atoms with Crippen molar-refractivity contribution in [1.29, 1.82) is 0 Å². The van der Waals surface area contributed by atoms with Crippen LogP contribution in [0.1, 0.15) is 42.5 Å². The van der Waals surface area contributed by atoms with Gasteiger partial charge in [0.25, 0.3) is 5.91 Å². The van der Waals surface area contributed by atoms with Crippen molar-refractivity contribution in [2.24, 2.45) is 0 Å². The molecule has 0 aromatic heterocycles. The molecule has 4 nitrogen and oxygen atoms in total. The third-order valence-corrected chi connectivity index (χ3v) is 4.82. The van der Waals surface area contributed by atoms with Gasteiger partial charge in [-0.25, -0.2) is 0 Å². The molecule has 1 aromatic rings. The number of hydrogen-bond acceptors (Lipinski definition) is 3. The van der Waals surface area contributed by atoms with Gasteiger partial charge in [-0.2, -0.15) is 0 Å². The molecular formula is C16H21NO3. The first-order chi connectivity index (χ1) is 9.67. The molecule has 2 fully saturated rings. The van der Waals surface area contributed by atoms with Gasteiger partial charge in [0.1, 0.15) is 5.75 Å². The Morgan fingerprint density at radius 1 is 1.40 bits per heavy atom. The fraction of sp³-hybridized carbons (Fsp3) is 0.562. The lowest BCUT2D eigenvalue weighted by molar-refractivity contribution is 0.0260. The molecule has 2 aliphatic rings.